The summed E-state index contributed by atoms with van der Waals surface area (Å²) in [5, 5.41) is 0. The van der Waals surface area contributed by atoms with E-state index in [1.807, 2.05) is 0 Å². The third-order valence-corrected chi connectivity index (χ3v) is 1.14. The Labute approximate surface area is 53.9 Å². The largest absolute Gasteiger partial charge is 0.204 e. The van der Waals surface area contributed by atoms with Crippen molar-refractivity contribution in [2.45, 2.75) is 20.3 Å². The fourth-order valence-electron chi connectivity index (χ4n) is 0.387. The van der Waals surface area contributed by atoms with Crippen molar-refractivity contribution in [1.82, 2.24) is 0 Å². The van der Waals surface area contributed by atoms with Gasteiger partial charge in [0.2, 0.25) is 0 Å². The molecule has 0 aromatic heterocycles. The molecule has 52 valence electrons. The highest BCUT2D eigenvalue weighted by Gasteiger charge is 2.01. The van der Waals surface area contributed by atoms with Crippen LogP contribution in [0.3, 0.4) is 0 Å². The maximum Gasteiger partial charge on any atom is 0.157 e. The molecule has 0 saturated heterocycles. The van der Waals surface area contributed by atoms with Gasteiger partial charge in [-0.15, -0.1) is 0 Å². The summed E-state index contributed by atoms with van der Waals surface area (Å²) < 4.78 is 24.2. The molecular formula is C7H10F2. The Bertz CT molecular complexity index is 145. The van der Waals surface area contributed by atoms with E-state index in [9.17, 15) is 8.78 Å². The molecule has 9 heavy (non-hydrogen) atoms. The highest BCUT2D eigenvalue weighted by molar-refractivity contribution is 5.20. The van der Waals surface area contributed by atoms with E-state index in [1.165, 1.54) is 0 Å². The summed E-state index contributed by atoms with van der Waals surface area (Å²) in [5.41, 5.74) is 0.405. The highest BCUT2D eigenvalue weighted by Crippen LogP contribution is 2.17. The molecule has 0 nitrogen and oxygen atoms in total. The minimum absolute atomic E-state index is 0.405. The number of hydrogen-bond acceptors (Lipinski definition) is 0. The third-order valence-electron chi connectivity index (χ3n) is 1.14. The van der Waals surface area contributed by atoms with E-state index in [0.717, 1.165) is 0 Å². The van der Waals surface area contributed by atoms with Crippen LogP contribution in [0.4, 0.5) is 8.78 Å². The SMILES string of the molecule is C=C(F)/C(F)=C(\C)CC. The average Bonchev–Trinajstić information content (AvgIpc) is 1.84. The van der Waals surface area contributed by atoms with Gasteiger partial charge in [-0.2, -0.15) is 0 Å². The first-order valence-corrected chi connectivity index (χ1v) is 2.79. The molecule has 0 atom stereocenters. The van der Waals surface area contributed by atoms with Crippen LogP contribution < -0.4 is 0 Å². The highest BCUT2D eigenvalue weighted by atomic mass is 19.2. The minimum atomic E-state index is -0.977. The topological polar surface area (TPSA) is 0 Å². The monoisotopic (exact) mass is 132 g/mol. The zero-order valence-electron chi connectivity index (χ0n) is 5.67. The van der Waals surface area contributed by atoms with Gasteiger partial charge in [-0.25, -0.2) is 8.78 Å². The van der Waals surface area contributed by atoms with Gasteiger partial charge in [-0.1, -0.05) is 13.5 Å². The van der Waals surface area contributed by atoms with Crippen LogP contribution in [0.2, 0.25) is 0 Å². The molecule has 0 aliphatic rings. The second-order valence-electron chi connectivity index (χ2n) is 1.85. The number of halogens is 2. The van der Waals surface area contributed by atoms with Crippen molar-refractivity contribution in [3.05, 3.63) is 23.8 Å². The van der Waals surface area contributed by atoms with Gasteiger partial charge in [0.25, 0.3) is 0 Å². The molecule has 0 fully saturated rings. The van der Waals surface area contributed by atoms with Crippen LogP contribution in [-0.4, -0.2) is 0 Å². The first kappa shape index (κ1) is 8.34. The Kier molecular flexibility index (Phi) is 3.13. The van der Waals surface area contributed by atoms with Crippen molar-refractivity contribution >= 4 is 0 Å². The van der Waals surface area contributed by atoms with Gasteiger partial charge in [-0.3, -0.25) is 0 Å². The maximum atomic E-state index is 12.3. The second kappa shape index (κ2) is 3.38. The molecule has 0 radical (unpaired) electrons. The van der Waals surface area contributed by atoms with E-state index in [4.69, 9.17) is 0 Å². The standard InChI is InChI=1S/C7H10F2/c1-4-5(2)7(9)6(3)8/h3-4H2,1-2H3/b7-5-. The summed E-state index contributed by atoms with van der Waals surface area (Å²) in [5.74, 6) is -1.79. The normalized spacial score (nSPS) is 12.9. The number of allylic oxidation sites excluding steroid dienone is 3. The minimum Gasteiger partial charge on any atom is -0.204 e. The summed E-state index contributed by atoms with van der Waals surface area (Å²) in [7, 11) is 0. The van der Waals surface area contributed by atoms with Gasteiger partial charge >= 0.3 is 0 Å². The molecule has 0 heterocycles. The van der Waals surface area contributed by atoms with E-state index in [0.29, 0.717) is 12.0 Å². The number of rotatable bonds is 2. The van der Waals surface area contributed by atoms with Crippen LogP contribution in [0.5, 0.6) is 0 Å². The Morgan fingerprint density at radius 3 is 2.00 bits per heavy atom. The average molecular weight is 132 g/mol. The lowest BCUT2D eigenvalue weighted by atomic mass is 10.2. The fourth-order valence-corrected chi connectivity index (χ4v) is 0.387. The third kappa shape index (κ3) is 2.40. The van der Waals surface area contributed by atoms with Crippen LogP contribution in [-0.2, 0) is 0 Å². The molecule has 2 heteroatoms. The molecule has 0 aromatic carbocycles. The molecule has 0 bridgehead atoms. The second-order valence-corrected chi connectivity index (χ2v) is 1.85. The Balaban J connectivity index is 4.28. The van der Waals surface area contributed by atoms with Gasteiger partial charge in [0.1, 0.15) is 0 Å². The van der Waals surface area contributed by atoms with Gasteiger partial charge < -0.3 is 0 Å². The van der Waals surface area contributed by atoms with Crippen molar-refractivity contribution < 1.29 is 8.78 Å². The zero-order valence-corrected chi connectivity index (χ0v) is 5.67. The predicted molar refractivity (Wildman–Crippen MR) is 34.3 cm³/mol. The zero-order chi connectivity index (χ0) is 7.44. The molecule has 0 rings (SSSR count). The van der Waals surface area contributed by atoms with Crippen molar-refractivity contribution in [2.24, 2.45) is 0 Å². The molecular weight excluding hydrogens is 122 g/mol. The first-order valence-electron chi connectivity index (χ1n) is 2.79. The Morgan fingerprint density at radius 2 is 1.89 bits per heavy atom. The molecule has 0 aliphatic carbocycles. The molecule has 0 saturated carbocycles. The van der Waals surface area contributed by atoms with E-state index in [2.05, 4.69) is 6.58 Å². The molecule has 0 amide bonds. The lowest BCUT2D eigenvalue weighted by Gasteiger charge is -1.95. The van der Waals surface area contributed by atoms with E-state index < -0.39 is 11.7 Å². The van der Waals surface area contributed by atoms with Gasteiger partial charge in [0.15, 0.2) is 11.7 Å². The van der Waals surface area contributed by atoms with Crippen LogP contribution in [0, 0.1) is 0 Å². The van der Waals surface area contributed by atoms with Crippen molar-refractivity contribution in [3.63, 3.8) is 0 Å². The molecule has 0 aliphatic heterocycles. The van der Waals surface area contributed by atoms with E-state index >= 15 is 0 Å². The van der Waals surface area contributed by atoms with Crippen molar-refractivity contribution in [2.75, 3.05) is 0 Å². The van der Waals surface area contributed by atoms with Gasteiger partial charge in [0.05, 0.1) is 0 Å². The van der Waals surface area contributed by atoms with Crippen LogP contribution in [0.15, 0.2) is 23.8 Å². The van der Waals surface area contributed by atoms with Crippen LogP contribution in [0.25, 0.3) is 0 Å². The van der Waals surface area contributed by atoms with Crippen LogP contribution >= 0.6 is 0 Å². The van der Waals surface area contributed by atoms with Gasteiger partial charge in [0, 0.05) is 0 Å². The van der Waals surface area contributed by atoms with Crippen LogP contribution in [0.1, 0.15) is 20.3 Å². The quantitative estimate of drug-likeness (QED) is 0.506. The fraction of sp³-hybridized carbons (Fsp3) is 0.429. The summed E-state index contributed by atoms with van der Waals surface area (Å²) in [6.45, 7) is 6.13. The summed E-state index contributed by atoms with van der Waals surface area (Å²) >= 11 is 0. The summed E-state index contributed by atoms with van der Waals surface area (Å²) in [6, 6.07) is 0. The maximum absolute atomic E-state index is 12.3. The Morgan fingerprint density at radius 1 is 1.44 bits per heavy atom. The summed E-state index contributed by atoms with van der Waals surface area (Å²) in [4.78, 5) is 0. The Hall–Kier alpha value is -0.660. The summed E-state index contributed by atoms with van der Waals surface area (Å²) in [6.07, 6.45) is 0.523. The predicted octanol–water partition coefficient (Wildman–Crippen LogP) is 3.12. The van der Waals surface area contributed by atoms with Crippen molar-refractivity contribution in [1.29, 1.82) is 0 Å². The molecule has 0 aromatic rings. The lowest BCUT2D eigenvalue weighted by molar-refractivity contribution is 0.537. The molecule has 0 spiro atoms. The van der Waals surface area contributed by atoms with Gasteiger partial charge in [-0.05, 0) is 18.9 Å². The number of hydrogen-bond donors (Lipinski definition) is 0. The smallest absolute Gasteiger partial charge is 0.157 e. The van der Waals surface area contributed by atoms with E-state index in [1.54, 1.807) is 13.8 Å². The first-order chi connectivity index (χ1) is 4.09. The molecule has 0 N–H and O–H groups in total. The molecule has 0 unspecified atom stereocenters. The van der Waals surface area contributed by atoms with E-state index in [-0.39, 0.29) is 0 Å². The van der Waals surface area contributed by atoms with Crippen molar-refractivity contribution in [3.8, 4) is 0 Å². The lowest BCUT2D eigenvalue weighted by Crippen LogP contribution is -1.79.